The Morgan fingerprint density at radius 3 is 1.68 bits per heavy atom. The summed E-state index contributed by atoms with van der Waals surface area (Å²) in [4.78, 5) is 28.7. The number of aromatic nitrogens is 1. The molecule has 0 unspecified atom stereocenters. The Hall–Kier alpha value is -7.30. The summed E-state index contributed by atoms with van der Waals surface area (Å²) in [5.74, 6) is 0. The predicted molar refractivity (Wildman–Crippen MR) is 239 cm³/mol. The highest BCUT2D eigenvalue weighted by Crippen LogP contribution is 2.46. The molecular formula is C53H38N2O2. The van der Waals surface area contributed by atoms with Crippen LogP contribution in [-0.4, -0.2) is 17.9 Å². The zero-order valence-corrected chi connectivity index (χ0v) is 31.5. The van der Waals surface area contributed by atoms with Crippen molar-refractivity contribution in [1.29, 1.82) is 0 Å². The van der Waals surface area contributed by atoms with Crippen LogP contribution in [0, 0.1) is 0 Å². The second-order valence-corrected chi connectivity index (χ2v) is 14.7. The lowest BCUT2D eigenvalue weighted by atomic mass is 9.84. The average molecular weight is 735 g/mol. The number of carbonyl (C=O) groups excluding carboxylic acids is 1. The van der Waals surface area contributed by atoms with Gasteiger partial charge in [0.1, 0.15) is 6.29 Å². The first-order chi connectivity index (χ1) is 28.1. The van der Waals surface area contributed by atoms with Crippen LogP contribution in [-0.2, 0) is 4.79 Å². The molecule has 0 saturated heterocycles. The third-order valence-corrected chi connectivity index (χ3v) is 11.5. The highest BCUT2D eigenvalue weighted by molar-refractivity contribution is 6.22. The monoisotopic (exact) mass is 734 g/mol. The number of aldehydes is 1. The third-order valence-electron chi connectivity index (χ3n) is 11.5. The van der Waals surface area contributed by atoms with Crippen molar-refractivity contribution in [3.63, 3.8) is 0 Å². The first-order valence-corrected chi connectivity index (χ1v) is 19.5. The fourth-order valence-electron chi connectivity index (χ4n) is 8.88. The van der Waals surface area contributed by atoms with Crippen LogP contribution in [0.2, 0.25) is 0 Å². The van der Waals surface area contributed by atoms with Crippen LogP contribution < -0.4 is 10.5 Å². The van der Waals surface area contributed by atoms with E-state index in [2.05, 4.69) is 139 Å². The molecule has 0 bridgehead atoms. The van der Waals surface area contributed by atoms with Crippen molar-refractivity contribution >= 4 is 66.5 Å². The van der Waals surface area contributed by atoms with Crippen LogP contribution in [0.4, 0.5) is 11.4 Å². The summed E-state index contributed by atoms with van der Waals surface area (Å²) in [5.41, 5.74) is 11.0. The number of hydrogen-bond acceptors (Lipinski definition) is 3. The zero-order chi connectivity index (χ0) is 38.5. The van der Waals surface area contributed by atoms with E-state index >= 15 is 0 Å². The standard InChI is InChI=1S/C53H38N2O2/c1-54(38-17-4-2-5-18-38)49-30-28-35(32-47(49)40-21-9-8-16-37(40)34-56)51-42-23-11-13-25-44(42)52(45-26-14-12-24-43(45)51)36-29-31-50-48(33-36)41-22-10-15-27-46(41)53(57)55(50)39-19-6-3-7-20-39/h2-7,10-34H,8-9H2,1H3. The van der Waals surface area contributed by atoms with E-state index in [1.807, 2.05) is 59.2 Å². The maximum absolute atomic E-state index is 14.0. The van der Waals surface area contributed by atoms with Gasteiger partial charge in [-0.15, -0.1) is 0 Å². The van der Waals surface area contributed by atoms with Gasteiger partial charge < -0.3 is 4.90 Å². The van der Waals surface area contributed by atoms with E-state index in [-0.39, 0.29) is 5.56 Å². The van der Waals surface area contributed by atoms with Gasteiger partial charge >= 0.3 is 0 Å². The van der Waals surface area contributed by atoms with Gasteiger partial charge in [0.15, 0.2) is 0 Å². The molecule has 10 rings (SSSR count). The van der Waals surface area contributed by atoms with Gasteiger partial charge in [-0.1, -0.05) is 127 Å². The maximum Gasteiger partial charge on any atom is 0.263 e. The van der Waals surface area contributed by atoms with Crippen LogP contribution in [0.3, 0.4) is 0 Å². The van der Waals surface area contributed by atoms with Crippen molar-refractivity contribution in [3.8, 4) is 27.9 Å². The molecule has 0 saturated carbocycles. The number of rotatable bonds is 7. The fourth-order valence-corrected chi connectivity index (χ4v) is 8.88. The minimum atomic E-state index is -0.0302. The Bertz CT molecular complexity index is 3120. The Balaban J connectivity index is 1.24. The van der Waals surface area contributed by atoms with Gasteiger partial charge in [0, 0.05) is 46.0 Å². The molecule has 1 aromatic heterocycles. The van der Waals surface area contributed by atoms with Gasteiger partial charge in [0.2, 0.25) is 0 Å². The molecular weight excluding hydrogens is 697 g/mol. The van der Waals surface area contributed by atoms with E-state index < -0.39 is 0 Å². The number of carbonyl (C=O) groups is 1. The molecule has 0 fully saturated rings. The number of allylic oxidation sites excluding steroid dienone is 4. The Labute approximate surface area is 330 Å². The van der Waals surface area contributed by atoms with E-state index in [1.54, 1.807) is 0 Å². The molecule has 4 heteroatoms. The van der Waals surface area contributed by atoms with E-state index in [9.17, 15) is 9.59 Å². The Morgan fingerprint density at radius 2 is 1.05 bits per heavy atom. The minimum absolute atomic E-state index is 0.0302. The normalized spacial score (nSPS) is 12.9. The highest BCUT2D eigenvalue weighted by atomic mass is 16.1. The average Bonchev–Trinajstić information content (AvgIpc) is 3.28. The summed E-state index contributed by atoms with van der Waals surface area (Å²) >= 11 is 0. The largest absolute Gasteiger partial charge is 0.344 e. The molecule has 1 aliphatic carbocycles. The summed E-state index contributed by atoms with van der Waals surface area (Å²) in [6.07, 6.45) is 7.01. The summed E-state index contributed by atoms with van der Waals surface area (Å²) < 4.78 is 1.84. The topological polar surface area (TPSA) is 42.3 Å². The first kappa shape index (κ1) is 34.2. The summed E-state index contributed by atoms with van der Waals surface area (Å²) in [6.45, 7) is 0. The van der Waals surface area contributed by atoms with Crippen LogP contribution >= 0.6 is 0 Å². The molecule has 9 aromatic rings. The molecule has 1 aliphatic rings. The van der Waals surface area contributed by atoms with Gasteiger partial charge in [0.05, 0.1) is 5.52 Å². The molecule has 0 spiro atoms. The Morgan fingerprint density at radius 1 is 0.526 bits per heavy atom. The third kappa shape index (κ3) is 5.68. The molecule has 0 atom stereocenters. The van der Waals surface area contributed by atoms with Gasteiger partial charge in [-0.2, -0.15) is 0 Å². The summed E-state index contributed by atoms with van der Waals surface area (Å²) in [6, 6.07) is 58.8. The summed E-state index contributed by atoms with van der Waals surface area (Å²) in [7, 11) is 2.09. The molecule has 272 valence electrons. The predicted octanol–water partition coefficient (Wildman–Crippen LogP) is 12.9. The minimum Gasteiger partial charge on any atom is -0.344 e. The summed E-state index contributed by atoms with van der Waals surface area (Å²) in [5, 5.41) is 7.21. The molecule has 8 aromatic carbocycles. The lowest BCUT2D eigenvalue weighted by Crippen LogP contribution is -2.19. The van der Waals surface area contributed by atoms with Crippen molar-refractivity contribution < 1.29 is 4.79 Å². The number of hydrogen-bond donors (Lipinski definition) is 0. The van der Waals surface area contributed by atoms with Crippen molar-refractivity contribution in [3.05, 3.63) is 204 Å². The molecule has 57 heavy (non-hydrogen) atoms. The lowest BCUT2D eigenvalue weighted by molar-refractivity contribution is -0.104. The number of anilines is 2. The smallest absolute Gasteiger partial charge is 0.263 e. The maximum atomic E-state index is 14.0. The number of pyridine rings is 1. The second-order valence-electron chi connectivity index (χ2n) is 14.7. The first-order valence-electron chi connectivity index (χ1n) is 19.5. The van der Waals surface area contributed by atoms with Crippen molar-refractivity contribution in [2.45, 2.75) is 12.8 Å². The molecule has 0 amide bonds. The van der Waals surface area contributed by atoms with Gasteiger partial charge in [-0.25, -0.2) is 0 Å². The Kier molecular flexibility index (Phi) is 8.45. The zero-order valence-electron chi connectivity index (χ0n) is 31.5. The van der Waals surface area contributed by atoms with Crippen molar-refractivity contribution in [2.24, 2.45) is 0 Å². The number of fused-ring (bicyclic) bond motifs is 5. The van der Waals surface area contributed by atoms with Crippen LogP contribution in [0.25, 0.3) is 76.7 Å². The van der Waals surface area contributed by atoms with Crippen molar-refractivity contribution in [1.82, 2.24) is 4.57 Å². The van der Waals surface area contributed by atoms with Gasteiger partial charge in [-0.3, -0.25) is 14.2 Å². The van der Waals surface area contributed by atoms with E-state index in [0.717, 1.165) is 113 Å². The lowest BCUT2D eigenvalue weighted by Gasteiger charge is -2.26. The molecule has 0 radical (unpaired) electrons. The van der Waals surface area contributed by atoms with Crippen LogP contribution in [0.1, 0.15) is 18.4 Å². The van der Waals surface area contributed by atoms with Crippen LogP contribution in [0.5, 0.6) is 0 Å². The van der Waals surface area contributed by atoms with Gasteiger partial charge in [-0.05, 0) is 122 Å². The number of nitrogens with zero attached hydrogens (tertiary/aromatic N) is 2. The fraction of sp³-hybridized carbons (Fsp3) is 0.0566. The van der Waals surface area contributed by atoms with Crippen molar-refractivity contribution in [2.75, 3.05) is 11.9 Å². The quantitative estimate of drug-likeness (QED) is 0.0930. The van der Waals surface area contributed by atoms with Crippen LogP contribution in [0.15, 0.2) is 192 Å². The number of benzene rings is 8. The molecule has 0 N–H and O–H groups in total. The SMILES string of the molecule is CN(c1ccccc1)c1ccc(-c2c3ccccc3c(-c3ccc4c(c3)c3ccccc3c(=O)n4-c3ccccc3)c3ccccc23)cc1C1=CCCC=C1C=O. The van der Waals surface area contributed by atoms with E-state index in [0.29, 0.717) is 5.39 Å². The second kappa shape index (κ2) is 14.1. The number of para-hydroxylation sites is 2. The van der Waals surface area contributed by atoms with E-state index in [1.165, 1.54) is 0 Å². The highest BCUT2D eigenvalue weighted by Gasteiger charge is 2.22. The van der Waals surface area contributed by atoms with Gasteiger partial charge in [0.25, 0.3) is 5.56 Å². The molecule has 4 nitrogen and oxygen atoms in total. The van der Waals surface area contributed by atoms with E-state index in [4.69, 9.17) is 0 Å². The molecule has 0 aliphatic heterocycles. The molecule has 1 heterocycles.